The Labute approximate surface area is 231 Å². The van der Waals surface area contributed by atoms with Gasteiger partial charge in [0, 0.05) is 29.0 Å². The smallest absolute Gasteiger partial charge is 0.338 e. The molecule has 0 fully saturated rings. The van der Waals surface area contributed by atoms with Crippen LogP contribution in [-0.4, -0.2) is 26.1 Å². The second-order valence-electron chi connectivity index (χ2n) is 9.17. The Bertz CT molecular complexity index is 1820. The number of halogens is 1. The molecule has 0 bridgehead atoms. The van der Waals surface area contributed by atoms with E-state index in [1.807, 2.05) is 6.07 Å². The predicted octanol–water partition coefficient (Wildman–Crippen LogP) is 4.54. The van der Waals surface area contributed by atoms with Crippen molar-refractivity contribution in [1.29, 1.82) is 0 Å². The number of allylic oxidation sites excluding steroid dienone is 1. The molecule has 4 aromatic rings. The maximum absolute atomic E-state index is 13.9. The zero-order chi connectivity index (χ0) is 27.8. The van der Waals surface area contributed by atoms with Crippen molar-refractivity contribution in [2.24, 2.45) is 4.99 Å². The molecule has 2 aromatic heterocycles. The average molecular weight is 563 g/mol. The van der Waals surface area contributed by atoms with Crippen molar-refractivity contribution in [2.75, 3.05) is 0 Å². The lowest BCUT2D eigenvalue weighted by molar-refractivity contribution is -0.384. The van der Waals surface area contributed by atoms with Crippen molar-refractivity contribution in [1.82, 2.24) is 9.13 Å². The number of carbonyl (C=O) groups is 1. The minimum atomic E-state index is -0.754. The first kappa shape index (κ1) is 26.3. The summed E-state index contributed by atoms with van der Waals surface area (Å²) in [4.78, 5) is 42.9. The van der Waals surface area contributed by atoms with Crippen LogP contribution in [0.1, 0.15) is 38.1 Å². The number of thiazole rings is 1. The number of rotatable bonds is 6. The molecule has 0 N–H and O–H groups in total. The maximum Gasteiger partial charge on any atom is 0.338 e. The van der Waals surface area contributed by atoms with Crippen LogP contribution < -0.4 is 14.9 Å². The minimum absolute atomic E-state index is 0.0363. The highest BCUT2D eigenvalue weighted by Crippen LogP contribution is 2.31. The van der Waals surface area contributed by atoms with Gasteiger partial charge in [-0.1, -0.05) is 41.1 Å². The van der Waals surface area contributed by atoms with Crippen molar-refractivity contribution in [3.8, 4) is 5.69 Å². The largest absolute Gasteiger partial charge is 0.459 e. The number of fused-ring (bicyclic) bond motifs is 1. The molecule has 1 unspecified atom stereocenters. The lowest BCUT2D eigenvalue weighted by Crippen LogP contribution is -2.40. The molecule has 198 valence electrons. The lowest BCUT2D eigenvalue weighted by atomic mass is 9.96. The molecule has 1 aliphatic rings. The molecule has 0 radical (unpaired) electrons. The van der Waals surface area contributed by atoms with Crippen LogP contribution in [0.15, 0.2) is 87.9 Å². The lowest BCUT2D eigenvalue weighted by Gasteiger charge is -2.25. The second-order valence-corrected chi connectivity index (χ2v) is 10.6. The quantitative estimate of drug-likeness (QED) is 0.195. The zero-order valence-electron chi connectivity index (χ0n) is 21.2. The van der Waals surface area contributed by atoms with Gasteiger partial charge in [-0.05, 0) is 62.7 Å². The average Bonchev–Trinajstić information content (AvgIpc) is 3.47. The van der Waals surface area contributed by atoms with Gasteiger partial charge in [-0.15, -0.1) is 0 Å². The van der Waals surface area contributed by atoms with E-state index in [0.29, 0.717) is 37.0 Å². The molecule has 39 heavy (non-hydrogen) atoms. The summed E-state index contributed by atoms with van der Waals surface area (Å²) in [5.41, 5.74) is 2.31. The first-order valence-electron chi connectivity index (χ1n) is 12.0. The summed E-state index contributed by atoms with van der Waals surface area (Å²) >= 11 is 7.32. The summed E-state index contributed by atoms with van der Waals surface area (Å²) in [5.74, 6) is -0.542. The number of ether oxygens (including phenoxy) is 1. The number of nitro groups is 1. The number of benzene rings is 2. The minimum Gasteiger partial charge on any atom is -0.459 e. The molecule has 0 spiro atoms. The third-order valence-corrected chi connectivity index (χ3v) is 7.38. The molecule has 2 aromatic carbocycles. The number of esters is 1. The van der Waals surface area contributed by atoms with E-state index < -0.39 is 16.9 Å². The van der Waals surface area contributed by atoms with Crippen LogP contribution in [0, 0.1) is 10.1 Å². The molecule has 5 rings (SSSR count). The summed E-state index contributed by atoms with van der Waals surface area (Å²) in [6.45, 7) is 5.25. The van der Waals surface area contributed by atoms with Crippen LogP contribution in [0.3, 0.4) is 0 Å². The monoisotopic (exact) mass is 562 g/mol. The van der Waals surface area contributed by atoms with Gasteiger partial charge in [0.1, 0.15) is 0 Å². The molecule has 1 aliphatic heterocycles. The van der Waals surface area contributed by atoms with Crippen molar-refractivity contribution in [3.63, 3.8) is 0 Å². The van der Waals surface area contributed by atoms with Gasteiger partial charge in [-0.3, -0.25) is 19.5 Å². The first-order chi connectivity index (χ1) is 18.6. The van der Waals surface area contributed by atoms with Crippen molar-refractivity contribution in [3.05, 3.63) is 124 Å². The van der Waals surface area contributed by atoms with Gasteiger partial charge in [0.25, 0.3) is 11.2 Å². The summed E-state index contributed by atoms with van der Waals surface area (Å²) in [7, 11) is 0. The van der Waals surface area contributed by atoms with E-state index in [0.717, 1.165) is 0 Å². The highest BCUT2D eigenvalue weighted by Gasteiger charge is 2.33. The Balaban J connectivity index is 1.67. The van der Waals surface area contributed by atoms with Gasteiger partial charge in [0.05, 0.1) is 38.6 Å². The highest BCUT2D eigenvalue weighted by atomic mass is 35.5. The summed E-state index contributed by atoms with van der Waals surface area (Å²) in [5, 5.41) is 11.8. The molecular weight excluding hydrogens is 540 g/mol. The van der Waals surface area contributed by atoms with E-state index in [9.17, 15) is 19.7 Å². The van der Waals surface area contributed by atoms with Crippen LogP contribution in [0.2, 0.25) is 5.02 Å². The third-order valence-electron chi connectivity index (χ3n) is 6.15. The standard InChI is InChI=1S/C28H23ClN4O5S/c1-16(2)38-27(35)24-17(3)30-28-32(25(24)18-9-11-19(29)12-10-18)26(34)23(39-28)15-21-8-5-13-31(21)20-6-4-7-22(14-20)33(36)37/h4-16,25H,1-3H3. The van der Waals surface area contributed by atoms with Crippen LogP contribution in [0.4, 0.5) is 5.69 Å². The number of carbonyl (C=O) groups excluding carboxylic acids is 1. The Morgan fingerprint density at radius 2 is 1.92 bits per heavy atom. The van der Waals surface area contributed by atoms with E-state index >= 15 is 0 Å². The molecule has 1 atom stereocenters. The third kappa shape index (κ3) is 5.08. The van der Waals surface area contributed by atoms with E-state index in [1.165, 1.54) is 28.0 Å². The van der Waals surface area contributed by atoms with Gasteiger partial charge in [-0.2, -0.15) is 0 Å². The zero-order valence-corrected chi connectivity index (χ0v) is 22.8. The molecule has 0 amide bonds. The molecule has 0 aliphatic carbocycles. The number of hydrogen-bond donors (Lipinski definition) is 0. The summed E-state index contributed by atoms with van der Waals surface area (Å²) < 4.78 is 9.18. The SMILES string of the molecule is CC1=C(C(=O)OC(C)C)C(c2ccc(Cl)cc2)n2c(sc(=Cc3cccn3-c3cccc([N+](=O)[O-])c3)c2=O)=N1. The van der Waals surface area contributed by atoms with Gasteiger partial charge in [0.15, 0.2) is 4.80 Å². The Hall–Kier alpha value is -4.28. The molecule has 3 heterocycles. The van der Waals surface area contributed by atoms with Gasteiger partial charge < -0.3 is 9.30 Å². The van der Waals surface area contributed by atoms with Crippen LogP contribution in [0.5, 0.6) is 0 Å². The normalized spacial score (nSPS) is 15.3. The fourth-order valence-corrected chi connectivity index (χ4v) is 5.62. The van der Waals surface area contributed by atoms with E-state index in [4.69, 9.17) is 16.3 Å². The number of non-ortho nitro benzene ring substituents is 1. The fourth-order valence-electron chi connectivity index (χ4n) is 4.46. The van der Waals surface area contributed by atoms with Gasteiger partial charge in [0.2, 0.25) is 0 Å². The molecular formula is C28H23ClN4O5S. The number of nitrogens with zero attached hydrogens (tertiary/aromatic N) is 4. The van der Waals surface area contributed by atoms with E-state index in [1.54, 1.807) is 80.1 Å². The molecule has 0 saturated carbocycles. The Kier molecular flexibility index (Phi) is 7.07. The van der Waals surface area contributed by atoms with Gasteiger partial charge >= 0.3 is 5.97 Å². The fraction of sp³-hybridized carbons (Fsp3) is 0.179. The molecule has 11 heteroatoms. The number of aromatic nitrogens is 2. The summed E-state index contributed by atoms with van der Waals surface area (Å²) in [6, 6.07) is 16.1. The molecule has 0 saturated heterocycles. The van der Waals surface area contributed by atoms with Crippen LogP contribution in [0.25, 0.3) is 11.8 Å². The maximum atomic E-state index is 13.9. The van der Waals surface area contributed by atoms with E-state index in [2.05, 4.69) is 4.99 Å². The topological polar surface area (TPSA) is 109 Å². The predicted molar refractivity (Wildman–Crippen MR) is 149 cm³/mol. The van der Waals surface area contributed by atoms with E-state index in [-0.39, 0.29) is 22.9 Å². The number of hydrogen-bond acceptors (Lipinski definition) is 7. The first-order valence-corrected chi connectivity index (χ1v) is 13.2. The van der Waals surface area contributed by atoms with Crippen molar-refractivity contribution in [2.45, 2.75) is 32.9 Å². The Morgan fingerprint density at radius 1 is 1.18 bits per heavy atom. The van der Waals surface area contributed by atoms with Crippen molar-refractivity contribution < 1.29 is 14.5 Å². The Morgan fingerprint density at radius 3 is 2.62 bits per heavy atom. The number of nitro benzene ring substituents is 1. The van der Waals surface area contributed by atoms with Crippen molar-refractivity contribution >= 4 is 40.7 Å². The van der Waals surface area contributed by atoms with Gasteiger partial charge in [-0.25, -0.2) is 9.79 Å². The van der Waals surface area contributed by atoms with Crippen LogP contribution >= 0.6 is 22.9 Å². The molecule has 9 nitrogen and oxygen atoms in total. The second kappa shape index (κ2) is 10.5. The highest BCUT2D eigenvalue weighted by molar-refractivity contribution is 7.07. The summed E-state index contributed by atoms with van der Waals surface area (Å²) in [6.07, 6.45) is 3.13. The van der Waals surface area contributed by atoms with Crippen LogP contribution in [-0.2, 0) is 9.53 Å².